The average molecular weight is 177 g/mol. The first-order valence-electron chi connectivity index (χ1n) is 4.34. The summed E-state index contributed by atoms with van der Waals surface area (Å²) in [5.74, 6) is -1.06. The summed E-state index contributed by atoms with van der Waals surface area (Å²) in [6.07, 6.45) is 0.673. The highest BCUT2D eigenvalue weighted by Gasteiger charge is 2.25. The summed E-state index contributed by atoms with van der Waals surface area (Å²) in [4.78, 5) is 10.9. The molecule has 1 heterocycles. The highest BCUT2D eigenvalue weighted by Crippen LogP contribution is 2.30. The molecular formula is C10H11NO2. The van der Waals surface area contributed by atoms with E-state index in [1.165, 1.54) is 0 Å². The monoisotopic (exact) mass is 177 g/mol. The van der Waals surface area contributed by atoms with Crippen LogP contribution in [-0.4, -0.2) is 17.6 Å². The second-order valence-corrected chi connectivity index (χ2v) is 3.19. The number of carboxylic acids is 1. The van der Waals surface area contributed by atoms with Crippen molar-refractivity contribution in [3.63, 3.8) is 0 Å². The summed E-state index contributed by atoms with van der Waals surface area (Å²) in [5.41, 5.74) is 1.86. The van der Waals surface area contributed by atoms with Crippen LogP contribution in [0.5, 0.6) is 0 Å². The predicted octanol–water partition coefficient (Wildman–Crippen LogP) is 1.67. The first-order chi connectivity index (χ1) is 6.29. The molecule has 0 saturated heterocycles. The number of para-hydroxylation sites is 1. The molecule has 0 bridgehead atoms. The molecule has 1 unspecified atom stereocenters. The Labute approximate surface area is 76.4 Å². The number of benzene rings is 1. The highest BCUT2D eigenvalue weighted by molar-refractivity contribution is 5.79. The van der Waals surface area contributed by atoms with Gasteiger partial charge in [0.15, 0.2) is 0 Å². The second kappa shape index (κ2) is 3.09. The first-order valence-corrected chi connectivity index (χ1v) is 4.34. The van der Waals surface area contributed by atoms with E-state index in [0.29, 0.717) is 6.42 Å². The molecule has 3 heteroatoms. The fraction of sp³-hybridized carbons (Fsp3) is 0.300. The van der Waals surface area contributed by atoms with Gasteiger partial charge in [0.05, 0.1) is 5.92 Å². The number of hydrogen-bond donors (Lipinski definition) is 2. The van der Waals surface area contributed by atoms with Crippen LogP contribution < -0.4 is 5.32 Å². The van der Waals surface area contributed by atoms with Crippen LogP contribution in [0.1, 0.15) is 17.9 Å². The molecule has 13 heavy (non-hydrogen) atoms. The van der Waals surface area contributed by atoms with E-state index in [2.05, 4.69) is 5.32 Å². The van der Waals surface area contributed by atoms with Crippen LogP contribution >= 0.6 is 0 Å². The van der Waals surface area contributed by atoms with Gasteiger partial charge in [-0.05, 0) is 18.1 Å². The van der Waals surface area contributed by atoms with Crippen LogP contribution in [0.2, 0.25) is 0 Å². The standard InChI is InChI=1S/C10H11NO2/c12-10(13)8-5-6-11-9-4-2-1-3-7(8)9/h1-4,8,11H,5-6H2,(H,12,13). The molecule has 2 rings (SSSR count). The van der Waals surface area contributed by atoms with Crippen molar-refractivity contribution in [1.29, 1.82) is 0 Å². The van der Waals surface area contributed by atoms with Gasteiger partial charge >= 0.3 is 5.97 Å². The van der Waals surface area contributed by atoms with Gasteiger partial charge in [-0.3, -0.25) is 4.79 Å². The van der Waals surface area contributed by atoms with Crippen LogP contribution in [-0.2, 0) is 4.79 Å². The molecule has 1 aliphatic heterocycles. The first kappa shape index (κ1) is 8.10. The van der Waals surface area contributed by atoms with E-state index < -0.39 is 5.97 Å². The Kier molecular flexibility index (Phi) is 1.93. The Balaban J connectivity index is 2.42. The average Bonchev–Trinajstić information content (AvgIpc) is 2.17. The highest BCUT2D eigenvalue weighted by atomic mass is 16.4. The van der Waals surface area contributed by atoms with E-state index in [-0.39, 0.29) is 5.92 Å². The maximum Gasteiger partial charge on any atom is 0.311 e. The van der Waals surface area contributed by atoms with Gasteiger partial charge in [-0.1, -0.05) is 18.2 Å². The lowest BCUT2D eigenvalue weighted by molar-refractivity contribution is -0.138. The van der Waals surface area contributed by atoms with Gasteiger partial charge < -0.3 is 10.4 Å². The third kappa shape index (κ3) is 1.37. The van der Waals surface area contributed by atoms with Crippen molar-refractivity contribution >= 4 is 11.7 Å². The quantitative estimate of drug-likeness (QED) is 0.686. The molecule has 68 valence electrons. The smallest absolute Gasteiger partial charge is 0.311 e. The minimum Gasteiger partial charge on any atom is -0.481 e. The van der Waals surface area contributed by atoms with Gasteiger partial charge in [0.1, 0.15) is 0 Å². The van der Waals surface area contributed by atoms with Gasteiger partial charge in [-0.2, -0.15) is 0 Å². The molecule has 0 aromatic heterocycles. The maximum atomic E-state index is 10.9. The summed E-state index contributed by atoms with van der Waals surface area (Å²) in [6.45, 7) is 0.744. The van der Waals surface area contributed by atoms with Gasteiger partial charge in [0.25, 0.3) is 0 Å². The number of anilines is 1. The van der Waals surface area contributed by atoms with Gasteiger partial charge in [-0.15, -0.1) is 0 Å². The fourth-order valence-electron chi connectivity index (χ4n) is 1.73. The predicted molar refractivity (Wildman–Crippen MR) is 49.9 cm³/mol. The zero-order chi connectivity index (χ0) is 9.26. The molecule has 0 radical (unpaired) electrons. The minimum atomic E-state index is -0.728. The zero-order valence-corrected chi connectivity index (χ0v) is 7.16. The van der Waals surface area contributed by atoms with Crippen LogP contribution in [0.25, 0.3) is 0 Å². The van der Waals surface area contributed by atoms with E-state index >= 15 is 0 Å². The van der Waals surface area contributed by atoms with Crippen molar-refractivity contribution in [1.82, 2.24) is 0 Å². The van der Waals surface area contributed by atoms with Gasteiger partial charge in [0, 0.05) is 12.2 Å². The summed E-state index contributed by atoms with van der Waals surface area (Å²) in [7, 11) is 0. The van der Waals surface area contributed by atoms with Crippen LogP contribution in [0.3, 0.4) is 0 Å². The number of aliphatic carboxylic acids is 1. The SMILES string of the molecule is O=C(O)C1CCNc2ccccc21. The van der Waals surface area contributed by atoms with Gasteiger partial charge in [0.2, 0.25) is 0 Å². The van der Waals surface area contributed by atoms with Crippen molar-refractivity contribution in [2.75, 3.05) is 11.9 Å². The molecule has 0 fully saturated rings. The molecule has 1 aromatic carbocycles. The van der Waals surface area contributed by atoms with E-state index in [9.17, 15) is 4.79 Å². The number of hydrogen-bond acceptors (Lipinski definition) is 2. The van der Waals surface area contributed by atoms with Gasteiger partial charge in [-0.25, -0.2) is 0 Å². The Morgan fingerprint density at radius 1 is 1.46 bits per heavy atom. The number of fused-ring (bicyclic) bond motifs is 1. The van der Waals surface area contributed by atoms with Crippen LogP contribution in [0.15, 0.2) is 24.3 Å². The molecule has 3 nitrogen and oxygen atoms in total. The number of rotatable bonds is 1. The molecule has 0 aliphatic carbocycles. The van der Waals surface area contributed by atoms with E-state index in [0.717, 1.165) is 17.8 Å². The topological polar surface area (TPSA) is 49.3 Å². The lowest BCUT2D eigenvalue weighted by atomic mass is 9.91. The van der Waals surface area contributed by atoms with E-state index in [1.54, 1.807) is 0 Å². The second-order valence-electron chi connectivity index (χ2n) is 3.19. The van der Waals surface area contributed by atoms with Crippen molar-refractivity contribution in [2.24, 2.45) is 0 Å². The molecule has 0 amide bonds. The molecule has 1 aromatic rings. The summed E-state index contributed by atoms with van der Waals surface area (Å²) >= 11 is 0. The largest absolute Gasteiger partial charge is 0.481 e. The van der Waals surface area contributed by atoms with Crippen LogP contribution in [0.4, 0.5) is 5.69 Å². The Morgan fingerprint density at radius 2 is 2.23 bits per heavy atom. The van der Waals surface area contributed by atoms with Crippen molar-refractivity contribution in [3.05, 3.63) is 29.8 Å². The van der Waals surface area contributed by atoms with Crippen molar-refractivity contribution in [3.8, 4) is 0 Å². The molecule has 1 aliphatic rings. The third-order valence-corrected chi connectivity index (χ3v) is 2.38. The third-order valence-electron chi connectivity index (χ3n) is 2.38. The Morgan fingerprint density at radius 3 is 3.00 bits per heavy atom. The van der Waals surface area contributed by atoms with Crippen LogP contribution in [0, 0.1) is 0 Å². The minimum absolute atomic E-state index is 0.336. The van der Waals surface area contributed by atoms with E-state index in [4.69, 9.17) is 5.11 Å². The number of carbonyl (C=O) groups is 1. The number of nitrogens with one attached hydrogen (secondary N) is 1. The normalized spacial score (nSPS) is 20.2. The molecule has 2 N–H and O–H groups in total. The maximum absolute atomic E-state index is 10.9. The molecule has 1 atom stereocenters. The fourth-order valence-corrected chi connectivity index (χ4v) is 1.73. The molecular weight excluding hydrogens is 166 g/mol. The Bertz CT molecular complexity index is 335. The Hall–Kier alpha value is -1.51. The summed E-state index contributed by atoms with van der Waals surface area (Å²) < 4.78 is 0. The zero-order valence-electron chi connectivity index (χ0n) is 7.16. The molecule has 0 saturated carbocycles. The summed E-state index contributed by atoms with van der Waals surface area (Å²) in [6, 6.07) is 7.59. The van der Waals surface area contributed by atoms with E-state index in [1.807, 2.05) is 24.3 Å². The van der Waals surface area contributed by atoms with Crippen molar-refractivity contribution in [2.45, 2.75) is 12.3 Å². The number of carboxylic acid groups (broad SMARTS) is 1. The molecule has 0 spiro atoms. The lowest BCUT2D eigenvalue weighted by Crippen LogP contribution is -2.22. The lowest BCUT2D eigenvalue weighted by Gasteiger charge is -2.23. The summed E-state index contributed by atoms with van der Waals surface area (Å²) in [5, 5.41) is 12.1. The van der Waals surface area contributed by atoms with Crippen molar-refractivity contribution < 1.29 is 9.90 Å².